The Morgan fingerprint density at radius 1 is 1.37 bits per heavy atom. The van der Waals surface area contributed by atoms with Crippen molar-refractivity contribution < 1.29 is 29.0 Å². The summed E-state index contributed by atoms with van der Waals surface area (Å²) in [5, 5.41) is 12.7. The van der Waals surface area contributed by atoms with Gasteiger partial charge >= 0.3 is 5.97 Å². The minimum Gasteiger partial charge on any atom is -0.495 e. The average Bonchev–Trinajstić information content (AvgIpc) is 3.04. The molecule has 2 saturated heterocycles. The molecule has 0 saturated carbocycles. The number of carbonyl (C=O) groups excluding carboxylic acids is 2. The summed E-state index contributed by atoms with van der Waals surface area (Å²) in [4.78, 5) is 38.4. The fourth-order valence-electron chi connectivity index (χ4n) is 3.44. The average molecular weight is 397 g/mol. The van der Waals surface area contributed by atoms with Crippen LogP contribution < -0.4 is 15.0 Å². The number of halogens is 1. The Balaban J connectivity index is 1.76. The molecule has 2 amide bonds. The number of methoxy groups -OCH3 is 1. The first kappa shape index (κ1) is 19.4. The molecule has 2 fully saturated rings. The number of rotatable bonds is 5. The number of carboxylic acids is 1. The van der Waals surface area contributed by atoms with Crippen molar-refractivity contribution in [3.8, 4) is 5.75 Å². The van der Waals surface area contributed by atoms with Gasteiger partial charge in [-0.15, -0.1) is 0 Å². The number of hydrogen-bond donors (Lipinski definition) is 2. The van der Waals surface area contributed by atoms with Gasteiger partial charge in [-0.3, -0.25) is 9.59 Å². The Morgan fingerprint density at radius 3 is 2.70 bits per heavy atom. The van der Waals surface area contributed by atoms with Crippen LogP contribution in [0.25, 0.3) is 0 Å². The van der Waals surface area contributed by atoms with Crippen LogP contribution in [0.15, 0.2) is 18.2 Å². The van der Waals surface area contributed by atoms with E-state index in [0.717, 1.165) is 0 Å². The first-order chi connectivity index (χ1) is 12.9. The van der Waals surface area contributed by atoms with Crippen LogP contribution in [0.4, 0.5) is 5.69 Å². The van der Waals surface area contributed by atoms with Crippen LogP contribution in [0.5, 0.6) is 5.75 Å². The standard InChI is InChI=1S/C18H21ClN2O6/c1-26-14-3-2-12(19)9-13(14)21-10-11(8-15(21)22)16(23)20-18(17(24)25)4-6-27-7-5-18/h2-3,9,11H,4-8,10H2,1H3,(H,20,23)(H,24,25). The van der Waals surface area contributed by atoms with E-state index in [0.29, 0.717) is 16.5 Å². The first-order valence-electron chi connectivity index (χ1n) is 8.63. The number of carbonyl (C=O) groups is 3. The van der Waals surface area contributed by atoms with E-state index in [1.54, 1.807) is 18.2 Å². The van der Waals surface area contributed by atoms with E-state index in [2.05, 4.69) is 5.32 Å². The molecule has 2 aliphatic rings. The molecule has 2 aliphatic heterocycles. The molecule has 1 aromatic carbocycles. The van der Waals surface area contributed by atoms with Crippen LogP contribution in [0, 0.1) is 5.92 Å². The molecule has 9 heteroatoms. The third-order valence-corrected chi connectivity index (χ3v) is 5.28. The third kappa shape index (κ3) is 3.86. The van der Waals surface area contributed by atoms with E-state index in [9.17, 15) is 19.5 Å². The van der Waals surface area contributed by atoms with E-state index in [1.807, 2.05) is 0 Å². The summed E-state index contributed by atoms with van der Waals surface area (Å²) in [6.45, 7) is 0.664. The van der Waals surface area contributed by atoms with Crippen molar-refractivity contribution in [2.24, 2.45) is 5.92 Å². The number of benzene rings is 1. The molecule has 1 unspecified atom stereocenters. The maximum atomic E-state index is 12.7. The zero-order chi connectivity index (χ0) is 19.6. The fraction of sp³-hybridized carbons (Fsp3) is 0.500. The number of amides is 2. The van der Waals surface area contributed by atoms with Gasteiger partial charge in [-0.1, -0.05) is 11.6 Å². The van der Waals surface area contributed by atoms with E-state index in [-0.39, 0.29) is 44.9 Å². The summed E-state index contributed by atoms with van der Waals surface area (Å²) < 4.78 is 10.5. The molecule has 1 atom stereocenters. The zero-order valence-corrected chi connectivity index (χ0v) is 15.6. The quantitative estimate of drug-likeness (QED) is 0.780. The normalized spacial score (nSPS) is 21.8. The van der Waals surface area contributed by atoms with Gasteiger partial charge < -0.3 is 24.8 Å². The largest absolute Gasteiger partial charge is 0.495 e. The van der Waals surface area contributed by atoms with Gasteiger partial charge in [-0.2, -0.15) is 0 Å². The maximum absolute atomic E-state index is 12.7. The van der Waals surface area contributed by atoms with E-state index in [1.165, 1.54) is 12.0 Å². The molecule has 0 radical (unpaired) electrons. The lowest BCUT2D eigenvalue weighted by Crippen LogP contribution is -2.58. The molecule has 0 aromatic heterocycles. The van der Waals surface area contributed by atoms with Crippen molar-refractivity contribution in [2.45, 2.75) is 24.8 Å². The molecule has 8 nitrogen and oxygen atoms in total. The van der Waals surface area contributed by atoms with Gasteiger partial charge in [0.25, 0.3) is 0 Å². The van der Waals surface area contributed by atoms with E-state index < -0.39 is 23.3 Å². The van der Waals surface area contributed by atoms with Crippen LogP contribution in [0.3, 0.4) is 0 Å². The summed E-state index contributed by atoms with van der Waals surface area (Å²) in [5.74, 6) is -1.96. The number of aliphatic carboxylic acids is 1. The van der Waals surface area contributed by atoms with Crippen molar-refractivity contribution in [1.82, 2.24) is 5.32 Å². The predicted octanol–water partition coefficient (Wildman–Crippen LogP) is 1.45. The van der Waals surface area contributed by atoms with Crippen molar-refractivity contribution in [2.75, 3.05) is 31.8 Å². The summed E-state index contributed by atoms with van der Waals surface area (Å²) >= 11 is 6.03. The van der Waals surface area contributed by atoms with Crippen molar-refractivity contribution in [3.63, 3.8) is 0 Å². The molecular weight excluding hydrogens is 376 g/mol. The van der Waals surface area contributed by atoms with Gasteiger partial charge in [0.05, 0.1) is 18.7 Å². The number of carboxylic acid groups (broad SMARTS) is 1. The minimum atomic E-state index is -1.35. The minimum absolute atomic E-state index is 0.00625. The van der Waals surface area contributed by atoms with E-state index in [4.69, 9.17) is 21.1 Å². The SMILES string of the molecule is COc1ccc(Cl)cc1N1CC(C(=O)NC2(C(=O)O)CCOCC2)CC1=O. The Morgan fingerprint density at radius 2 is 2.07 bits per heavy atom. The molecule has 3 rings (SSSR count). The highest BCUT2D eigenvalue weighted by Crippen LogP contribution is 2.35. The lowest BCUT2D eigenvalue weighted by atomic mass is 9.89. The van der Waals surface area contributed by atoms with Gasteiger partial charge in [0.15, 0.2) is 0 Å². The summed E-state index contributed by atoms with van der Waals surface area (Å²) in [6.07, 6.45) is 0.384. The molecule has 0 aliphatic carbocycles. The van der Waals surface area contributed by atoms with Gasteiger partial charge in [0.1, 0.15) is 11.3 Å². The lowest BCUT2D eigenvalue weighted by Gasteiger charge is -2.34. The monoisotopic (exact) mass is 396 g/mol. The number of anilines is 1. The Bertz CT molecular complexity index is 762. The molecule has 27 heavy (non-hydrogen) atoms. The van der Waals surface area contributed by atoms with E-state index >= 15 is 0 Å². The Labute approximate surface area is 161 Å². The summed E-state index contributed by atoms with van der Waals surface area (Å²) in [7, 11) is 1.49. The lowest BCUT2D eigenvalue weighted by molar-refractivity contribution is -0.152. The summed E-state index contributed by atoms with van der Waals surface area (Å²) in [6, 6.07) is 4.91. The van der Waals surface area contributed by atoms with Crippen LogP contribution >= 0.6 is 11.6 Å². The highest BCUT2D eigenvalue weighted by molar-refractivity contribution is 6.31. The van der Waals surface area contributed by atoms with Crippen LogP contribution in [-0.4, -0.2) is 55.3 Å². The topological polar surface area (TPSA) is 105 Å². The van der Waals surface area contributed by atoms with Crippen LogP contribution in [0.2, 0.25) is 5.02 Å². The molecule has 0 spiro atoms. The van der Waals surface area contributed by atoms with Crippen LogP contribution in [0.1, 0.15) is 19.3 Å². The second-order valence-corrected chi connectivity index (χ2v) is 7.15. The maximum Gasteiger partial charge on any atom is 0.329 e. The Kier molecular flexibility index (Phi) is 5.57. The van der Waals surface area contributed by atoms with Crippen LogP contribution in [-0.2, 0) is 19.1 Å². The predicted molar refractivity (Wildman–Crippen MR) is 97.0 cm³/mol. The van der Waals surface area contributed by atoms with Crippen molar-refractivity contribution >= 4 is 35.1 Å². The smallest absolute Gasteiger partial charge is 0.329 e. The number of nitrogens with zero attached hydrogens (tertiary/aromatic N) is 1. The Hall–Kier alpha value is -2.32. The highest BCUT2D eigenvalue weighted by atomic mass is 35.5. The second-order valence-electron chi connectivity index (χ2n) is 6.71. The summed E-state index contributed by atoms with van der Waals surface area (Å²) in [5.41, 5.74) is -0.858. The number of hydrogen-bond acceptors (Lipinski definition) is 5. The first-order valence-corrected chi connectivity index (χ1v) is 9.01. The molecule has 2 N–H and O–H groups in total. The van der Waals surface area contributed by atoms with Crippen molar-refractivity contribution in [1.29, 1.82) is 0 Å². The van der Waals surface area contributed by atoms with Gasteiger partial charge in [0, 0.05) is 44.0 Å². The molecule has 146 valence electrons. The second kappa shape index (κ2) is 7.74. The third-order valence-electron chi connectivity index (χ3n) is 5.05. The molecule has 1 aromatic rings. The van der Waals surface area contributed by atoms with Gasteiger partial charge in [0.2, 0.25) is 11.8 Å². The molecule has 2 heterocycles. The van der Waals surface area contributed by atoms with Gasteiger partial charge in [-0.25, -0.2) is 4.79 Å². The molecular formula is C18H21ClN2O6. The van der Waals surface area contributed by atoms with Gasteiger partial charge in [-0.05, 0) is 18.2 Å². The van der Waals surface area contributed by atoms with Crippen molar-refractivity contribution in [3.05, 3.63) is 23.2 Å². The fourth-order valence-corrected chi connectivity index (χ4v) is 3.61. The zero-order valence-electron chi connectivity index (χ0n) is 14.9. The molecule has 0 bridgehead atoms. The number of ether oxygens (including phenoxy) is 2. The number of nitrogens with one attached hydrogen (secondary N) is 1. The highest BCUT2D eigenvalue weighted by Gasteiger charge is 2.45.